The summed E-state index contributed by atoms with van der Waals surface area (Å²) in [5.41, 5.74) is 1.28. The molecule has 1 fully saturated rings. The van der Waals surface area contributed by atoms with E-state index >= 15 is 0 Å². The number of rotatable bonds is 3. The first kappa shape index (κ1) is 10.7. The third-order valence-corrected chi connectivity index (χ3v) is 3.41. The van der Waals surface area contributed by atoms with Gasteiger partial charge in [-0.3, -0.25) is 4.98 Å². The van der Waals surface area contributed by atoms with Gasteiger partial charge in [0.2, 0.25) is 0 Å². The van der Waals surface area contributed by atoms with Crippen LogP contribution in [0.2, 0.25) is 0 Å². The van der Waals surface area contributed by atoms with Crippen LogP contribution >= 0.6 is 0 Å². The molecule has 3 heteroatoms. The monoisotopic (exact) mass is 228 g/mol. The second kappa shape index (κ2) is 4.43. The van der Waals surface area contributed by atoms with Gasteiger partial charge in [-0.1, -0.05) is 12.1 Å². The van der Waals surface area contributed by atoms with Crippen LogP contribution in [0.4, 0.5) is 0 Å². The molecule has 1 aliphatic rings. The molecule has 88 valence electrons. The molecule has 0 radical (unpaired) electrons. The lowest BCUT2D eigenvalue weighted by atomic mass is 9.89. The number of hydrogen-bond donors (Lipinski definition) is 2. The number of pyridine rings is 1. The average Bonchev–Trinajstić information content (AvgIpc) is 2.33. The van der Waals surface area contributed by atoms with Gasteiger partial charge in [-0.2, -0.15) is 0 Å². The summed E-state index contributed by atoms with van der Waals surface area (Å²) in [6.07, 6.45) is 5.39. The summed E-state index contributed by atoms with van der Waals surface area (Å²) < 4.78 is 0. The number of fused-ring (bicyclic) bond motifs is 1. The molecule has 0 spiro atoms. The fourth-order valence-electron chi connectivity index (χ4n) is 2.26. The van der Waals surface area contributed by atoms with Gasteiger partial charge in [0.25, 0.3) is 0 Å². The molecule has 1 aromatic heterocycles. The van der Waals surface area contributed by atoms with E-state index in [9.17, 15) is 5.11 Å². The largest absolute Gasteiger partial charge is 0.393 e. The highest BCUT2D eigenvalue weighted by Crippen LogP contribution is 2.20. The minimum absolute atomic E-state index is 0.0878. The van der Waals surface area contributed by atoms with Crippen LogP contribution in [0.15, 0.2) is 36.7 Å². The third kappa shape index (κ3) is 2.30. The van der Waals surface area contributed by atoms with Gasteiger partial charge in [-0.05, 0) is 35.9 Å². The molecule has 1 saturated carbocycles. The maximum atomic E-state index is 9.21. The summed E-state index contributed by atoms with van der Waals surface area (Å²) in [5, 5.41) is 15.1. The van der Waals surface area contributed by atoms with E-state index in [2.05, 4.69) is 28.5 Å². The van der Waals surface area contributed by atoms with Crippen molar-refractivity contribution in [2.45, 2.75) is 31.5 Å². The Hall–Kier alpha value is -1.45. The maximum absolute atomic E-state index is 9.21. The van der Waals surface area contributed by atoms with Gasteiger partial charge in [0.15, 0.2) is 0 Å². The average molecular weight is 228 g/mol. The van der Waals surface area contributed by atoms with Crippen molar-refractivity contribution in [3.63, 3.8) is 0 Å². The molecule has 0 unspecified atom stereocenters. The predicted molar refractivity (Wildman–Crippen MR) is 67.6 cm³/mol. The van der Waals surface area contributed by atoms with Crippen molar-refractivity contribution in [3.05, 3.63) is 42.2 Å². The molecular weight excluding hydrogens is 212 g/mol. The lowest BCUT2D eigenvalue weighted by molar-refractivity contribution is 0.0619. The number of nitrogens with one attached hydrogen (secondary N) is 1. The molecule has 0 atom stereocenters. The van der Waals surface area contributed by atoms with Crippen molar-refractivity contribution in [1.29, 1.82) is 0 Å². The van der Waals surface area contributed by atoms with Crippen LogP contribution in [0.25, 0.3) is 10.8 Å². The van der Waals surface area contributed by atoms with Gasteiger partial charge in [0, 0.05) is 30.4 Å². The second-order valence-corrected chi connectivity index (χ2v) is 4.76. The number of aliphatic hydroxyl groups excluding tert-OH is 1. The number of aliphatic hydroxyl groups is 1. The van der Waals surface area contributed by atoms with Crippen LogP contribution < -0.4 is 5.32 Å². The van der Waals surface area contributed by atoms with Crippen LogP contribution in [0.3, 0.4) is 0 Å². The second-order valence-electron chi connectivity index (χ2n) is 4.76. The van der Waals surface area contributed by atoms with E-state index in [0.717, 1.165) is 19.4 Å². The minimum atomic E-state index is -0.0878. The molecule has 17 heavy (non-hydrogen) atoms. The normalized spacial score (nSPS) is 23.6. The zero-order valence-corrected chi connectivity index (χ0v) is 9.63. The van der Waals surface area contributed by atoms with Gasteiger partial charge >= 0.3 is 0 Å². The first-order chi connectivity index (χ1) is 8.31. The van der Waals surface area contributed by atoms with Crippen molar-refractivity contribution < 1.29 is 5.11 Å². The van der Waals surface area contributed by atoms with Crippen molar-refractivity contribution in [2.24, 2.45) is 0 Å². The summed E-state index contributed by atoms with van der Waals surface area (Å²) in [4.78, 5) is 4.10. The van der Waals surface area contributed by atoms with Crippen molar-refractivity contribution >= 4 is 10.8 Å². The predicted octanol–water partition coefficient (Wildman–Crippen LogP) is 1.85. The van der Waals surface area contributed by atoms with E-state index in [1.807, 2.05) is 18.5 Å². The van der Waals surface area contributed by atoms with Crippen LogP contribution in [0.5, 0.6) is 0 Å². The molecule has 0 aliphatic heterocycles. The Morgan fingerprint density at radius 3 is 2.94 bits per heavy atom. The third-order valence-electron chi connectivity index (χ3n) is 3.41. The van der Waals surface area contributed by atoms with Crippen LogP contribution in [-0.4, -0.2) is 22.2 Å². The first-order valence-electron chi connectivity index (χ1n) is 6.05. The number of nitrogens with zero attached hydrogens (tertiary/aromatic N) is 1. The summed E-state index contributed by atoms with van der Waals surface area (Å²) in [5.74, 6) is 0. The topological polar surface area (TPSA) is 45.1 Å². The fraction of sp³-hybridized carbons (Fsp3) is 0.357. The Labute approximate surface area is 100 Å². The molecule has 0 bridgehead atoms. The van der Waals surface area contributed by atoms with Gasteiger partial charge in [0.1, 0.15) is 0 Å². The lowest BCUT2D eigenvalue weighted by Gasteiger charge is -2.32. The van der Waals surface area contributed by atoms with E-state index < -0.39 is 0 Å². The molecular formula is C14H16N2O. The molecule has 1 aliphatic carbocycles. The van der Waals surface area contributed by atoms with Crippen molar-refractivity contribution in [2.75, 3.05) is 0 Å². The lowest BCUT2D eigenvalue weighted by Crippen LogP contribution is -2.43. The van der Waals surface area contributed by atoms with Crippen LogP contribution in [0.1, 0.15) is 18.4 Å². The zero-order valence-electron chi connectivity index (χ0n) is 9.63. The molecule has 2 aromatic rings. The van der Waals surface area contributed by atoms with Gasteiger partial charge < -0.3 is 10.4 Å². The van der Waals surface area contributed by atoms with Gasteiger partial charge in [-0.15, -0.1) is 0 Å². The number of aromatic nitrogens is 1. The van der Waals surface area contributed by atoms with Gasteiger partial charge in [0.05, 0.1) is 6.10 Å². The van der Waals surface area contributed by atoms with E-state index in [1.54, 1.807) is 0 Å². The number of benzene rings is 1. The highest BCUT2D eigenvalue weighted by Gasteiger charge is 2.26. The quantitative estimate of drug-likeness (QED) is 0.842. The van der Waals surface area contributed by atoms with E-state index in [1.165, 1.54) is 16.3 Å². The zero-order chi connectivity index (χ0) is 11.7. The Morgan fingerprint density at radius 1 is 1.24 bits per heavy atom. The SMILES string of the molecule is OC1CC(NCc2ccc3cnccc3c2)C1. The first-order valence-corrected chi connectivity index (χ1v) is 6.05. The molecule has 3 nitrogen and oxygen atoms in total. The van der Waals surface area contributed by atoms with E-state index in [0.29, 0.717) is 6.04 Å². The Balaban J connectivity index is 1.68. The molecule has 0 saturated heterocycles. The maximum Gasteiger partial charge on any atom is 0.0570 e. The number of hydrogen-bond acceptors (Lipinski definition) is 3. The van der Waals surface area contributed by atoms with E-state index in [4.69, 9.17) is 0 Å². The Kier molecular flexibility index (Phi) is 2.79. The van der Waals surface area contributed by atoms with Crippen molar-refractivity contribution in [3.8, 4) is 0 Å². The van der Waals surface area contributed by atoms with Crippen molar-refractivity contribution in [1.82, 2.24) is 10.3 Å². The highest BCUT2D eigenvalue weighted by molar-refractivity contribution is 5.81. The summed E-state index contributed by atoms with van der Waals surface area (Å²) in [6, 6.07) is 8.95. The smallest absolute Gasteiger partial charge is 0.0570 e. The van der Waals surface area contributed by atoms with Crippen LogP contribution in [0, 0.1) is 0 Å². The summed E-state index contributed by atoms with van der Waals surface area (Å²) >= 11 is 0. The molecule has 1 aromatic carbocycles. The van der Waals surface area contributed by atoms with Crippen LogP contribution in [-0.2, 0) is 6.54 Å². The molecule has 0 amide bonds. The standard InChI is InChI=1S/C14H16N2O/c17-14-6-13(7-14)16-8-10-1-2-12-9-15-4-3-11(12)5-10/h1-5,9,13-14,16-17H,6-8H2. The Morgan fingerprint density at radius 2 is 2.12 bits per heavy atom. The van der Waals surface area contributed by atoms with E-state index in [-0.39, 0.29) is 6.10 Å². The summed E-state index contributed by atoms with van der Waals surface area (Å²) in [6.45, 7) is 0.871. The Bertz CT molecular complexity index is 520. The molecule has 1 heterocycles. The summed E-state index contributed by atoms with van der Waals surface area (Å²) in [7, 11) is 0. The minimum Gasteiger partial charge on any atom is -0.393 e. The highest BCUT2D eigenvalue weighted by atomic mass is 16.3. The van der Waals surface area contributed by atoms with Gasteiger partial charge in [-0.25, -0.2) is 0 Å². The molecule has 3 rings (SSSR count). The molecule has 2 N–H and O–H groups in total. The fourth-order valence-corrected chi connectivity index (χ4v) is 2.26.